The highest BCUT2D eigenvalue weighted by molar-refractivity contribution is 5.90. The molecule has 1 saturated heterocycles. The van der Waals surface area contributed by atoms with Crippen molar-refractivity contribution in [3.63, 3.8) is 0 Å². The second-order valence-electron chi connectivity index (χ2n) is 7.11. The number of anilines is 1. The second-order valence-corrected chi connectivity index (χ2v) is 7.11. The lowest BCUT2D eigenvalue weighted by Crippen LogP contribution is -2.27. The Hall–Kier alpha value is -2.53. The Morgan fingerprint density at radius 2 is 1.85 bits per heavy atom. The lowest BCUT2D eigenvalue weighted by molar-refractivity contribution is -0.116. The number of carbonyl (C=O) groups excluding carboxylic acids is 1. The van der Waals surface area contributed by atoms with E-state index in [0.29, 0.717) is 25.7 Å². The normalized spacial score (nSPS) is 19.5. The van der Waals surface area contributed by atoms with E-state index in [0.717, 1.165) is 49.5 Å². The molecule has 5 heteroatoms. The highest BCUT2D eigenvalue weighted by Gasteiger charge is 2.27. The molecule has 2 aromatic rings. The number of rotatable bonds is 5. The van der Waals surface area contributed by atoms with Crippen molar-refractivity contribution in [1.29, 1.82) is 0 Å². The van der Waals surface area contributed by atoms with E-state index in [-0.39, 0.29) is 5.91 Å². The van der Waals surface area contributed by atoms with E-state index in [9.17, 15) is 4.79 Å². The van der Waals surface area contributed by atoms with Gasteiger partial charge in [0.1, 0.15) is 0 Å². The van der Waals surface area contributed by atoms with Gasteiger partial charge in [0.05, 0.1) is 13.2 Å². The van der Waals surface area contributed by atoms with Crippen LogP contribution >= 0.6 is 0 Å². The molecule has 2 aliphatic rings. The Balaban J connectivity index is 1.37. The lowest BCUT2D eigenvalue weighted by atomic mass is 10.0. The maximum absolute atomic E-state index is 12.3. The third kappa shape index (κ3) is 4.42. The smallest absolute Gasteiger partial charge is 0.225 e. The molecule has 1 atom stereocenters. The minimum absolute atomic E-state index is 0.0607. The number of nitrogens with one attached hydrogen (secondary N) is 1. The van der Waals surface area contributed by atoms with Gasteiger partial charge in [0.25, 0.3) is 0 Å². The molecule has 0 saturated carbocycles. The van der Waals surface area contributed by atoms with Crippen molar-refractivity contribution in [2.75, 3.05) is 31.6 Å². The average molecular weight is 366 g/mol. The second kappa shape index (κ2) is 8.44. The van der Waals surface area contributed by atoms with E-state index in [2.05, 4.69) is 22.3 Å². The van der Waals surface area contributed by atoms with Gasteiger partial charge in [-0.3, -0.25) is 9.69 Å². The lowest BCUT2D eigenvalue weighted by Gasteiger charge is -2.25. The molecular weight excluding hydrogens is 340 g/mol. The van der Waals surface area contributed by atoms with Crippen LogP contribution in [-0.2, 0) is 4.79 Å². The van der Waals surface area contributed by atoms with Crippen molar-refractivity contribution in [3.8, 4) is 11.5 Å². The fourth-order valence-electron chi connectivity index (χ4n) is 3.85. The van der Waals surface area contributed by atoms with Crippen molar-refractivity contribution >= 4 is 11.6 Å². The molecule has 4 rings (SSSR count). The van der Waals surface area contributed by atoms with E-state index >= 15 is 0 Å². The summed E-state index contributed by atoms with van der Waals surface area (Å²) >= 11 is 0. The van der Waals surface area contributed by atoms with Crippen LogP contribution in [0.25, 0.3) is 0 Å². The quantitative estimate of drug-likeness (QED) is 0.869. The number of hydrogen-bond donors (Lipinski definition) is 1. The molecule has 5 nitrogen and oxygen atoms in total. The summed E-state index contributed by atoms with van der Waals surface area (Å²) in [6.07, 6.45) is 3.67. The summed E-state index contributed by atoms with van der Waals surface area (Å²) in [5.74, 6) is 1.74. The van der Waals surface area contributed by atoms with Crippen LogP contribution in [0.3, 0.4) is 0 Å². The van der Waals surface area contributed by atoms with Gasteiger partial charge in [-0.15, -0.1) is 0 Å². The Morgan fingerprint density at radius 1 is 1.04 bits per heavy atom. The van der Waals surface area contributed by atoms with Crippen molar-refractivity contribution in [2.45, 2.75) is 31.7 Å². The first-order valence-corrected chi connectivity index (χ1v) is 9.78. The van der Waals surface area contributed by atoms with Crippen molar-refractivity contribution < 1.29 is 14.3 Å². The molecule has 1 fully saturated rings. The first-order valence-electron chi connectivity index (χ1n) is 9.78. The van der Waals surface area contributed by atoms with Crippen LogP contribution in [0.2, 0.25) is 0 Å². The molecular formula is C22H26N2O3. The van der Waals surface area contributed by atoms with Gasteiger partial charge in [0, 0.05) is 31.1 Å². The van der Waals surface area contributed by atoms with Crippen LogP contribution in [0.4, 0.5) is 5.69 Å². The molecule has 0 bridgehead atoms. The van der Waals surface area contributed by atoms with Crippen molar-refractivity contribution in [2.24, 2.45) is 0 Å². The molecule has 2 aromatic carbocycles. The molecule has 0 radical (unpaired) electrons. The predicted molar refractivity (Wildman–Crippen MR) is 105 cm³/mol. The van der Waals surface area contributed by atoms with Gasteiger partial charge < -0.3 is 14.8 Å². The molecule has 1 N–H and O–H groups in total. The van der Waals surface area contributed by atoms with Crippen LogP contribution in [0.1, 0.15) is 37.3 Å². The molecule has 1 unspecified atom stereocenters. The van der Waals surface area contributed by atoms with E-state index in [4.69, 9.17) is 9.47 Å². The maximum Gasteiger partial charge on any atom is 0.225 e. The summed E-state index contributed by atoms with van der Waals surface area (Å²) in [4.78, 5) is 14.7. The van der Waals surface area contributed by atoms with Crippen LogP contribution in [-0.4, -0.2) is 37.1 Å². The summed E-state index contributed by atoms with van der Waals surface area (Å²) in [6, 6.07) is 16.2. The zero-order valence-corrected chi connectivity index (χ0v) is 15.5. The number of para-hydroxylation sites is 1. The summed E-state index contributed by atoms with van der Waals surface area (Å²) in [5, 5.41) is 2.97. The summed E-state index contributed by atoms with van der Waals surface area (Å²) in [6.45, 7) is 3.19. The molecule has 0 aromatic heterocycles. The zero-order chi connectivity index (χ0) is 18.5. The van der Waals surface area contributed by atoms with Crippen LogP contribution in [0.15, 0.2) is 48.5 Å². The molecule has 27 heavy (non-hydrogen) atoms. The minimum Gasteiger partial charge on any atom is -0.490 e. The van der Waals surface area contributed by atoms with Gasteiger partial charge in [0.15, 0.2) is 11.5 Å². The summed E-state index contributed by atoms with van der Waals surface area (Å²) in [7, 11) is 0. The van der Waals surface area contributed by atoms with Gasteiger partial charge in [-0.25, -0.2) is 0 Å². The highest BCUT2D eigenvalue weighted by atomic mass is 16.5. The number of likely N-dealkylation sites (tertiary alicyclic amines) is 1. The minimum atomic E-state index is 0.0607. The van der Waals surface area contributed by atoms with Crippen LogP contribution in [0, 0.1) is 0 Å². The molecule has 2 aliphatic heterocycles. The van der Waals surface area contributed by atoms with Gasteiger partial charge in [-0.1, -0.05) is 24.3 Å². The standard InChI is InChI=1S/C22H26N2O3/c25-22(23-18-6-2-1-3-7-18)11-13-24-12-4-8-19(24)17-9-10-20-21(16-17)27-15-5-14-26-20/h1-3,6-7,9-10,16,19H,4-5,8,11-15H2,(H,23,25). The largest absolute Gasteiger partial charge is 0.490 e. The third-order valence-corrected chi connectivity index (χ3v) is 5.20. The molecule has 142 valence electrons. The first kappa shape index (κ1) is 17.9. The fraction of sp³-hybridized carbons (Fsp3) is 0.409. The average Bonchev–Trinajstić information content (AvgIpc) is 3.04. The van der Waals surface area contributed by atoms with E-state index in [1.54, 1.807) is 0 Å². The number of amides is 1. The molecule has 0 spiro atoms. The number of hydrogen-bond acceptors (Lipinski definition) is 4. The fourth-order valence-corrected chi connectivity index (χ4v) is 3.85. The van der Waals surface area contributed by atoms with Gasteiger partial charge >= 0.3 is 0 Å². The van der Waals surface area contributed by atoms with Crippen molar-refractivity contribution in [3.05, 3.63) is 54.1 Å². The van der Waals surface area contributed by atoms with E-state index < -0.39 is 0 Å². The number of carbonyl (C=O) groups is 1. The number of benzene rings is 2. The van der Waals surface area contributed by atoms with Crippen LogP contribution < -0.4 is 14.8 Å². The van der Waals surface area contributed by atoms with Gasteiger partial charge in [-0.05, 0) is 49.2 Å². The Labute approximate surface area is 160 Å². The SMILES string of the molecule is O=C(CCN1CCCC1c1ccc2c(c1)OCCCO2)Nc1ccccc1. The Kier molecular flexibility index (Phi) is 5.58. The summed E-state index contributed by atoms with van der Waals surface area (Å²) < 4.78 is 11.6. The molecule has 2 heterocycles. The van der Waals surface area contributed by atoms with E-state index in [1.165, 1.54) is 5.56 Å². The topological polar surface area (TPSA) is 50.8 Å². The monoisotopic (exact) mass is 366 g/mol. The Morgan fingerprint density at radius 3 is 2.70 bits per heavy atom. The summed E-state index contributed by atoms with van der Waals surface area (Å²) in [5.41, 5.74) is 2.10. The third-order valence-electron chi connectivity index (χ3n) is 5.20. The van der Waals surface area contributed by atoms with Crippen molar-refractivity contribution in [1.82, 2.24) is 4.90 Å². The first-order chi connectivity index (χ1) is 13.3. The number of ether oxygens (including phenoxy) is 2. The zero-order valence-electron chi connectivity index (χ0n) is 15.5. The Bertz CT molecular complexity index is 778. The van der Waals surface area contributed by atoms with Gasteiger partial charge in [-0.2, -0.15) is 0 Å². The van der Waals surface area contributed by atoms with Gasteiger partial charge in [0.2, 0.25) is 5.91 Å². The predicted octanol–water partition coefficient (Wildman–Crippen LogP) is 4.01. The molecule has 1 amide bonds. The van der Waals surface area contributed by atoms with Crippen LogP contribution in [0.5, 0.6) is 11.5 Å². The number of nitrogens with zero attached hydrogens (tertiary/aromatic N) is 1. The maximum atomic E-state index is 12.3. The highest BCUT2D eigenvalue weighted by Crippen LogP contribution is 2.37. The number of fused-ring (bicyclic) bond motifs is 1. The molecule has 0 aliphatic carbocycles. The van der Waals surface area contributed by atoms with E-state index in [1.807, 2.05) is 36.4 Å².